The highest BCUT2D eigenvalue weighted by Crippen LogP contribution is 2.29. The Hall–Kier alpha value is -1.84. The average molecular weight is 392 g/mol. The van der Waals surface area contributed by atoms with Gasteiger partial charge in [0.05, 0.1) is 0 Å². The molecule has 0 aliphatic carbocycles. The van der Waals surface area contributed by atoms with Crippen molar-refractivity contribution < 1.29 is 4.79 Å². The summed E-state index contributed by atoms with van der Waals surface area (Å²) < 4.78 is 0. The molecular weight excluding hydrogens is 378 g/mol. The Morgan fingerprint density at radius 3 is 3.00 bits per heavy atom. The summed E-state index contributed by atoms with van der Waals surface area (Å²) >= 11 is 9.00. The summed E-state index contributed by atoms with van der Waals surface area (Å²) in [4.78, 5) is 12.5. The number of aromatic nitrogens is 2. The van der Waals surface area contributed by atoms with Crippen molar-refractivity contribution in [2.45, 2.75) is 18.5 Å². The Balaban J connectivity index is 1.39. The van der Waals surface area contributed by atoms with E-state index in [0.29, 0.717) is 16.6 Å². The highest BCUT2D eigenvalue weighted by molar-refractivity contribution is 7.19. The minimum atomic E-state index is -0.350. The van der Waals surface area contributed by atoms with E-state index in [1.807, 2.05) is 41.1 Å². The number of carbonyl (C=O) groups excluding carboxylic acids is 1. The van der Waals surface area contributed by atoms with E-state index in [4.69, 9.17) is 11.6 Å². The quantitative estimate of drug-likeness (QED) is 0.634. The van der Waals surface area contributed by atoms with Crippen LogP contribution < -0.4 is 16.2 Å². The van der Waals surface area contributed by atoms with Gasteiger partial charge in [-0.15, -0.1) is 10.2 Å². The third-order valence-electron chi connectivity index (χ3n) is 3.89. The third-order valence-corrected chi connectivity index (χ3v) is 5.70. The second-order valence-corrected chi connectivity index (χ2v) is 7.79. The number of rotatable bonds is 4. The maximum atomic E-state index is 12.5. The lowest BCUT2D eigenvalue weighted by Gasteiger charge is -2.09. The van der Waals surface area contributed by atoms with E-state index in [1.54, 1.807) is 11.3 Å². The van der Waals surface area contributed by atoms with Crippen molar-refractivity contribution in [1.29, 1.82) is 0 Å². The van der Waals surface area contributed by atoms with Gasteiger partial charge in [0.1, 0.15) is 11.0 Å². The molecule has 2 unspecified atom stereocenters. The standard InChI is InChI=1S/C16H14ClN5OS2/c17-11-3-1-2-9(6-11)12-7-13(20-19-12)14(23)18-16-22-21-15(25-16)10-4-5-24-8-10/h1-6,8,12-13,19-20H,7H2,(H,18,22,23). The second kappa shape index (κ2) is 7.19. The summed E-state index contributed by atoms with van der Waals surface area (Å²) in [5.74, 6) is -0.134. The Kier molecular flexibility index (Phi) is 4.78. The van der Waals surface area contributed by atoms with Gasteiger partial charge >= 0.3 is 0 Å². The molecule has 1 amide bonds. The van der Waals surface area contributed by atoms with Crippen molar-refractivity contribution in [1.82, 2.24) is 21.0 Å². The molecule has 1 aliphatic rings. The van der Waals surface area contributed by atoms with Crippen LogP contribution in [-0.4, -0.2) is 22.1 Å². The number of thiophene rings is 1. The van der Waals surface area contributed by atoms with Gasteiger partial charge in [0.2, 0.25) is 11.0 Å². The van der Waals surface area contributed by atoms with Crippen LogP contribution in [0.3, 0.4) is 0 Å². The number of hydrogen-bond donors (Lipinski definition) is 3. The average Bonchev–Trinajstić information content (AvgIpc) is 3.35. The molecule has 0 bridgehead atoms. The number of hydrogen-bond acceptors (Lipinski definition) is 7. The molecule has 0 spiro atoms. The largest absolute Gasteiger partial charge is 0.299 e. The second-order valence-electron chi connectivity index (χ2n) is 5.60. The van der Waals surface area contributed by atoms with Crippen LogP contribution in [-0.2, 0) is 4.79 Å². The summed E-state index contributed by atoms with van der Waals surface area (Å²) in [6.45, 7) is 0. The van der Waals surface area contributed by atoms with Crippen LogP contribution in [0.4, 0.5) is 5.13 Å². The van der Waals surface area contributed by atoms with Crippen LogP contribution in [0.25, 0.3) is 10.6 Å². The topological polar surface area (TPSA) is 78.9 Å². The minimum Gasteiger partial charge on any atom is -0.299 e. The predicted octanol–water partition coefficient (Wildman–Crippen LogP) is 3.47. The molecule has 1 aromatic carbocycles. The molecule has 0 saturated carbocycles. The molecule has 2 atom stereocenters. The lowest BCUT2D eigenvalue weighted by molar-refractivity contribution is -0.117. The molecule has 1 saturated heterocycles. The number of hydrazine groups is 1. The summed E-state index contributed by atoms with van der Waals surface area (Å²) in [6.07, 6.45) is 0.627. The number of benzene rings is 1. The van der Waals surface area contributed by atoms with Gasteiger partial charge in [-0.3, -0.25) is 10.1 Å². The van der Waals surface area contributed by atoms with Crippen LogP contribution in [0.5, 0.6) is 0 Å². The van der Waals surface area contributed by atoms with Crippen molar-refractivity contribution in [3.8, 4) is 10.6 Å². The van der Waals surface area contributed by atoms with Gasteiger partial charge in [-0.2, -0.15) is 11.3 Å². The first-order valence-corrected chi connectivity index (χ1v) is 9.76. The Bertz CT molecular complexity index is 882. The molecule has 1 aliphatic heterocycles. The Morgan fingerprint density at radius 2 is 2.20 bits per heavy atom. The molecule has 1 fully saturated rings. The highest BCUT2D eigenvalue weighted by atomic mass is 35.5. The van der Waals surface area contributed by atoms with E-state index in [2.05, 4.69) is 26.4 Å². The third kappa shape index (κ3) is 3.73. The van der Waals surface area contributed by atoms with Crippen molar-refractivity contribution in [3.05, 3.63) is 51.7 Å². The van der Waals surface area contributed by atoms with Crippen LogP contribution >= 0.6 is 34.3 Å². The van der Waals surface area contributed by atoms with Gasteiger partial charge in [-0.25, -0.2) is 10.9 Å². The molecule has 3 N–H and O–H groups in total. The van der Waals surface area contributed by atoms with Crippen molar-refractivity contribution >= 4 is 45.3 Å². The molecule has 3 aromatic rings. The summed E-state index contributed by atoms with van der Waals surface area (Å²) in [7, 11) is 0. The van der Waals surface area contributed by atoms with Gasteiger partial charge < -0.3 is 0 Å². The SMILES string of the molecule is O=C(Nc1nnc(-c2ccsc2)s1)C1CC(c2cccc(Cl)c2)NN1. The van der Waals surface area contributed by atoms with Crippen LogP contribution in [0, 0.1) is 0 Å². The minimum absolute atomic E-state index is 0.0326. The molecule has 4 rings (SSSR count). The first-order chi connectivity index (χ1) is 12.2. The molecule has 0 radical (unpaired) electrons. The molecular formula is C16H14ClN5OS2. The van der Waals surface area contributed by atoms with E-state index in [1.165, 1.54) is 11.3 Å². The molecule has 2 aromatic heterocycles. The fourth-order valence-corrected chi connectivity index (χ4v) is 4.30. The van der Waals surface area contributed by atoms with E-state index >= 15 is 0 Å². The fraction of sp³-hybridized carbons (Fsp3) is 0.188. The van der Waals surface area contributed by atoms with Gasteiger partial charge in [0, 0.05) is 22.0 Å². The number of carbonyl (C=O) groups is 1. The first-order valence-electron chi connectivity index (χ1n) is 7.62. The van der Waals surface area contributed by atoms with Gasteiger partial charge in [0.25, 0.3) is 0 Å². The smallest absolute Gasteiger partial charge is 0.244 e. The number of nitrogens with zero attached hydrogens (tertiary/aromatic N) is 2. The zero-order chi connectivity index (χ0) is 17.2. The molecule has 9 heteroatoms. The molecule has 6 nitrogen and oxygen atoms in total. The lowest BCUT2D eigenvalue weighted by atomic mass is 10.0. The molecule has 25 heavy (non-hydrogen) atoms. The van der Waals surface area contributed by atoms with Crippen molar-refractivity contribution in [3.63, 3.8) is 0 Å². The van der Waals surface area contributed by atoms with Crippen molar-refractivity contribution in [2.75, 3.05) is 5.32 Å². The zero-order valence-corrected chi connectivity index (χ0v) is 15.3. The number of nitrogens with one attached hydrogen (secondary N) is 3. The maximum absolute atomic E-state index is 12.5. The van der Waals surface area contributed by atoms with Gasteiger partial charge in [-0.05, 0) is 35.6 Å². The lowest BCUT2D eigenvalue weighted by Crippen LogP contribution is -2.39. The van der Waals surface area contributed by atoms with Crippen LogP contribution in [0.2, 0.25) is 5.02 Å². The van der Waals surface area contributed by atoms with Crippen molar-refractivity contribution in [2.24, 2.45) is 0 Å². The van der Waals surface area contributed by atoms with Crippen LogP contribution in [0.15, 0.2) is 41.1 Å². The first kappa shape index (κ1) is 16.6. The molecule has 3 heterocycles. The number of halogens is 1. The van der Waals surface area contributed by atoms with E-state index in [9.17, 15) is 4.79 Å². The number of anilines is 1. The summed E-state index contributed by atoms with van der Waals surface area (Å²) in [5, 5.41) is 17.0. The van der Waals surface area contributed by atoms with Crippen LogP contribution in [0.1, 0.15) is 18.0 Å². The fourth-order valence-electron chi connectivity index (χ4n) is 2.64. The summed E-state index contributed by atoms with van der Waals surface area (Å²) in [6, 6.07) is 9.29. The van der Waals surface area contributed by atoms with Gasteiger partial charge in [0.15, 0.2) is 0 Å². The Morgan fingerprint density at radius 1 is 1.28 bits per heavy atom. The van der Waals surface area contributed by atoms with Gasteiger partial charge in [-0.1, -0.05) is 35.1 Å². The molecule has 128 valence electrons. The predicted molar refractivity (Wildman–Crippen MR) is 101 cm³/mol. The zero-order valence-electron chi connectivity index (χ0n) is 12.9. The Labute approximate surface area is 157 Å². The monoisotopic (exact) mass is 391 g/mol. The van der Waals surface area contributed by atoms with E-state index in [0.717, 1.165) is 16.1 Å². The highest BCUT2D eigenvalue weighted by Gasteiger charge is 2.30. The van der Waals surface area contributed by atoms with E-state index < -0.39 is 0 Å². The maximum Gasteiger partial charge on any atom is 0.244 e. The summed E-state index contributed by atoms with van der Waals surface area (Å²) in [5.41, 5.74) is 8.24. The van der Waals surface area contributed by atoms with E-state index in [-0.39, 0.29) is 18.0 Å². The number of amides is 1. The normalized spacial score (nSPS) is 19.9.